The highest BCUT2D eigenvalue weighted by molar-refractivity contribution is 5.89. The number of rotatable bonds is 4. The average Bonchev–Trinajstić information content (AvgIpc) is 3.14. The standard InChI is InChI=1S/C14H13F2N9/c1-18-12-11-10(7(16)6-25(11)22-14(17)20-12)8-2-3-9-13(19-8)24(5-4-15)23-21-9/h2-3,6H,4-5H2,1H3,(H3,17,18,20,22). The molecule has 0 aliphatic rings. The fraction of sp³-hybridized carbons (Fsp3) is 0.214. The Balaban J connectivity index is 1.99. The van der Waals surface area contributed by atoms with E-state index in [0.717, 1.165) is 0 Å². The summed E-state index contributed by atoms with van der Waals surface area (Å²) in [7, 11) is 1.65. The van der Waals surface area contributed by atoms with Gasteiger partial charge in [0, 0.05) is 7.05 Å². The minimum Gasteiger partial charge on any atom is -0.371 e. The number of aryl methyl sites for hydroxylation is 1. The molecule has 3 N–H and O–H groups in total. The van der Waals surface area contributed by atoms with Crippen molar-refractivity contribution in [1.82, 2.24) is 34.6 Å². The van der Waals surface area contributed by atoms with Crippen LogP contribution in [0.3, 0.4) is 0 Å². The van der Waals surface area contributed by atoms with E-state index < -0.39 is 12.5 Å². The molecule has 128 valence electrons. The highest BCUT2D eigenvalue weighted by atomic mass is 19.1. The van der Waals surface area contributed by atoms with Crippen molar-refractivity contribution in [3.63, 3.8) is 0 Å². The van der Waals surface area contributed by atoms with E-state index in [2.05, 4.69) is 30.7 Å². The summed E-state index contributed by atoms with van der Waals surface area (Å²) in [4.78, 5) is 8.49. The van der Waals surface area contributed by atoms with Crippen molar-refractivity contribution in [3.05, 3.63) is 24.1 Å². The van der Waals surface area contributed by atoms with E-state index in [1.54, 1.807) is 19.2 Å². The second-order valence-corrected chi connectivity index (χ2v) is 5.25. The zero-order valence-corrected chi connectivity index (χ0v) is 13.1. The number of nitrogens with one attached hydrogen (secondary N) is 1. The van der Waals surface area contributed by atoms with Gasteiger partial charge < -0.3 is 11.1 Å². The molecule has 25 heavy (non-hydrogen) atoms. The van der Waals surface area contributed by atoms with E-state index in [1.165, 1.54) is 15.4 Å². The number of fused-ring (bicyclic) bond motifs is 2. The fourth-order valence-corrected chi connectivity index (χ4v) is 2.71. The Hall–Kier alpha value is -3.37. The molecule has 0 amide bonds. The molecular weight excluding hydrogens is 332 g/mol. The van der Waals surface area contributed by atoms with Crippen molar-refractivity contribution in [1.29, 1.82) is 0 Å². The monoisotopic (exact) mass is 345 g/mol. The van der Waals surface area contributed by atoms with E-state index in [0.29, 0.717) is 28.2 Å². The van der Waals surface area contributed by atoms with Crippen molar-refractivity contribution in [2.24, 2.45) is 0 Å². The molecule has 11 heteroatoms. The summed E-state index contributed by atoms with van der Waals surface area (Å²) < 4.78 is 29.9. The lowest BCUT2D eigenvalue weighted by atomic mass is 10.1. The molecule has 0 aliphatic carbocycles. The second kappa shape index (κ2) is 5.61. The first-order chi connectivity index (χ1) is 12.1. The van der Waals surface area contributed by atoms with Gasteiger partial charge >= 0.3 is 0 Å². The number of pyridine rings is 1. The number of aromatic nitrogens is 7. The van der Waals surface area contributed by atoms with E-state index in [4.69, 9.17) is 5.73 Å². The van der Waals surface area contributed by atoms with Crippen LogP contribution in [0.4, 0.5) is 20.5 Å². The molecule has 0 bridgehead atoms. The van der Waals surface area contributed by atoms with Crippen LogP contribution in [0, 0.1) is 5.82 Å². The molecule has 0 atom stereocenters. The Kier molecular flexibility index (Phi) is 3.41. The van der Waals surface area contributed by atoms with Crippen LogP contribution in [0.2, 0.25) is 0 Å². The molecule has 0 aliphatic heterocycles. The van der Waals surface area contributed by atoms with Gasteiger partial charge in [0.1, 0.15) is 17.7 Å². The first kappa shape index (κ1) is 15.2. The highest BCUT2D eigenvalue weighted by Gasteiger charge is 2.20. The van der Waals surface area contributed by atoms with Gasteiger partial charge in [-0.05, 0) is 12.1 Å². The van der Waals surface area contributed by atoms with Crippen molar-refractivity contribution in [2.45, 2.75) is 6.54 Å². The molecule has 4 heterocycles. The molecule has 0 radical (unpaired) electrons. The molecule has 0 unspecified atom stereocenters. The van der Waals surface area contributed by atoms with Crippen LogP contribution in [-0.4, -0.2) is 48.3 Å². The van der Waals surface area contributed by atoms with Crippen molar-refractivity contribution >= 4 is 28.4 Å². The fourth-order valence-electron chi connectivity index (χ4n) is 2.71. The summed E-state index contributed by atoms with van der Waals surface area (Å²) >= 11 is 0. The van der Waals surface area contributed by atoms with Crippen molar-refractivity contribution in [3.8, 4) is 11.3 Å². The van der Waals surface area contributed by atoms with E-state index >= 15 is 0 Å². The third-order valence-electron chi connectivity index (χ3n) is 3.75. The third kappa shape index (κ3) is 2.31. The molecule has 4 rings (SSSR count). The minimum absolute atomic E-state index is 0.00651. The summed E-state index contributed by atoms with van der Waals surface area (Å²) in [6.07, 6.45) is 1.20. The quantitative estimate of drug-likeness (QED) is 0.573. The first-order valence-corrected chi connectivity index (χ1v) is 7.41. The lowest BCUT2D eigenvalue weighted by Gasteiger charge is -2.06. The Bertz CT molecular complexity index is 1080. The van der Waals surface area contributed by atoms with Crippen LogP contribution in [0.15, 0.2) is 18.3 Å². The number of halogens is 2. The molecule has 0 aromatic carbocycles. The van der Waals surface area contributed by atoms with Crippen LogP contribution in [0.25, 0.3) is 27.9 Å². The van der Waals surface area contributed by atoms with Crippen LogP contribution < -0.4 is 11.1 Å². The maximum absolute atomic E-state index is 14.6. The van der Waals surface area contributed by atoms with Crippen molar-refractivity contribution < 1.29 is 8.78 Å². The van der Waals surface area contributed by atoms with Gasteiger partial charge in [-0.1, -0.05) is 5.21 Å². The number of alkyl halides is 1. The average molecular weight is 345 g/mol. The number of hydrogen-bond donors (Lipinski definition) is 2. The first-order valence-electron chi connectivity index (χ1n) is 7.41. The predicted molar refractivity (Wildman–Crippen MR) is 87.2 cm³/mol. The Morgan fingerprint density at radius 2 is 2.12 bits per heavy atom. The van der Waals surface area contributed by atoms with Gasteiger partial charge in [-0.3, -0.25) is 0 Å². The number of nitrogens with zero attached hydrogens (tertiary/aromatic N) is 7. The summed E-state index contributed by atoms with van der Waals surface area (Å²) in [5, 5.41) is 14.6. The lowest BCUT2D eigenvalue weighted by molar-refractivity contribution is 0.426. The van der Waals surface area contributed by atoms with Gasteiger partial charge in [-0.15, -0.1) is 10.2 Å². The predicted octanol–water partition coefficient (Wildman–Crippen LogP) is 1.27. The van der Waals surface area contributed by atoms with Crippen LogP contribution in [-0.2, 0) is 6.54 Å². The van der Waals surface area contributed by atoms with Gasteiger partial charge in [0.15, 0.2) is 17.3 Å². The van der Waals surface area contributed by atoms with Gasteiger partial charge in [0.2, 0.25) is 5.95 Å². The van der Waals surface area contributed by atoms with Gasteiger partial charge in [0.05, 0.1) is 24.0 Å². The maximum atomic E-state index is 14.6. The topological polar surface area (TPSA) is 112 Å². The Labute approximate surface area is 139 Å². The van der Waals surface area contributed by atoms with Gasteiger partial charge in [-0.25, -0.2) is 23.0 Å². The zero-order valence-electron chi connectivity index (χ0n) is 13.1. The zero-order chi connectivity index (χ0) is 17.6. The molecule has 0 spiro atoms. The third-order valence-corrected chi connectivity index (χ3v) is 3.75. The van der Waals surface area contributed by atoms with Crippen LogP contribution in [0.1, 0.15) is 0 Å². The summed E-state index contributed by atoms with van der Waals surface area (Å²) in [5.41, 5.74) is 7.44. The van der Waals surface area contributed by atoms with Crippen molar-refractivity contribution in [2.75, 3.05) is 24.8 Å². The SMILES string of the molecule is CNc1nc(N)nn2cc(F)c(-c3ccc4nnn(CCF)c4n3)c12. The normalized spacial score (nSPS) is 11.5. The summed E-state index contributed by atoms with van der Waals surface area (Å²) in [5.74, 6) is -0.163. The molecule has 9 nitrogen and oxygen atoms in total. The van der Waals surface area contributed by atoms with E-state index in [-0.39, 0.29) is 18.1 Å². The minimum atomic E-state index is -0.606. The second-order valence-electron chi connectivity index (χ2n) is 5.25. The van der Waals surface area contributed by atoms with E-state index in [1.807, 2.05) is 0 Å². The molecular formula is C14H13F2N9. The Morgan fingerprint density at radius 1 is 1.28 bits per heavy atom. The van der Waals surface area contributed by atoms with E-state index in [9.17, 15) is 8.78 Å². The molecule has 4 aromatic rings. The number of nitrogens with two attached hydrogens (primary N) is 1. The highest BCUT2D eigenvalue weighted by Crippen LogP contribution is 2.32. The number of hydrogen-bond acceptors (Lipinski definition) is 7. The molecule has 0 fully saturated rings. The summed E-state index contributed by atoms with van der Waals surface area (Å²) in [6, 6.07) is 3.27. The van der Waals surface area contributed by atoms with Gasteiger partial charge in [0.25, 0.3) is 0 Å². The summed E-state index contributed by atoms with van der Waals surface area (Å²) in [6.45, 7) is -0.585. The van der Waals surface area contributed by atoms with Gasteiger partial charge in [-0.2, -0.15) is 4.98 Å². The van der Waals surface area contributed by atoms with Crippen LogP contribution in [0.5, 0.6) is 0 Å². The molecule has 0 saturated heterocycles. The number of anilines is 2. The van der Waals surface area contributed by atoms with Crippen LogP contribution >= 0.6 is 0 Å². The molecule has 4 aromatic heterocycles. The number of nitrogen functional groups attached to an aromatic ring is 1. The largest absolute Gasteiger partial charge is 0.371 e. The Morgan fingerprint density at radius 3 is 2.88 bits per heavy atom. The lowest BCUT2D eigenvalue weighted by Crippen LogP contribution is -2.05. The molecule has 0 saturated carbocycles. The maximum Gasteiger partial charge on any atom is 0.240 e. The smallest absolute Gasteiger partial charge is 0.240 e.